The van der Waals surface area contributed by atoms with Gasteiger partial charge in [0.1, 0.15) is 0 Å². The zero-order valence-electron chi connectivity index (χ0n) is 13.3. The SMILES string of the molecule is CC(C)(C)Sc1cccc2cc(C(=O)NCCCN)cnc12. The van der Waals surface area contributed by atoms with Gasteiger partial charge in [0.2, 0.25) is 0 Å². The van der Waals surface area contributed by atoms with Crippen LogP contribution in [-0.2, 0) is 0 Å². The lowest BCUT2D eigenvalue weighted by Crippen LogP contribution is -2.26. The third-order valence-corrected chi connectivity index (χ3v) is 4.18. The van der Waals surface area contributed by atoms with Crippen molar-refractivity contribution in [2.45, 2.75) is 36.8 Å². The largest absolute Gasteiger partial charge is 0.352 e. The predicted molar refractivity (Wildman–Crippen MR) is 93.4 cm³/mol. The van der Waals surface area contributed by atoms with Crippen LogP contribution in [0.1, 0.15) is 37.6 Å². The van der Waals surface area contributed by atoms with E-state index in [4.69, 9.17) is 5.73 Å². The number of hydrogen-bond acceptors (Lipinski definition) is 4. The summed E-state index contributed by atoms with van der Waals surface area (Å²) in [6.07, 6.45) is 2.42. The highest BCUT2D eigenvalue weighted by molar-refractivity contribution is 8.00. The molecule has 2 rings (SSSR count). The Balaban J connectivity index is 2.26. The number of carbonyl (C=O) groups excluding carboxylic acids is 1. The zero-order valence-corrected chi connectivity index (χ0v) is 14.2. The number of amides is 1. The van der Waals surface area contributed by atoms with Crippen LogP contribution < -0.4 is 11.1 Å². The Hall–Kier alpha value is -1.59. The van der Waals surface area contributed by atoms with Gasteiger partial charge >= 0.3 is 0 Å². The third-order valence-electron chi connectivity index (χ3n) is 3.02. The predicted octanol–water partition coefficient (Wildman–Crippen LogP) is 3.20. The monoisotopic (exact) mass is 317 g/mol. The van der Waals surface area contributed by atoms with E-state index in [0.29, 0.717) is 18.7 Å². The van der Waals surface area contributed by atoms with Gasteiger partial charge in [-0.15, -0.1) is 11.8 Å². The van der Waals surface area contributed by atoms with Gasteiger partial charge in [-0.05, 0) is 25.1 Å². The zero-order chi connectivity index (χ0) is 16.2. The van der Waals surface area contributed by atoms with Crippen LogP contribution in [0.2, 0.25) is 0 Å². The van der Waals surface area contributed by atoms with Crippen molar-refractivity contribution in [1.82, 2.24) is 10.3 Å². The molecule has 1 amide bonds. The Labute approximate surface area is 135 Å². The number of hydrogen-bond donors (Lipinski definition) is 2. The lowest BCUT2D eigenvalue weighted by Gasteiger charge is -2.18. The molecule has 0 aliphatic heterocycles. The van der Waals surface area contributed by atoms with Gasteiger partial charge in [-0.25, -0.2) is 0 Å². The van der Waals surface area contributed by atoms with E-state index in [0.717, 1.165) is 22.2 Å². The molecule has 2 aromatic rings. The molecule has 0 unspecified atom stereocenters. The Morgan fingerprint density at radius 2 is 2.14 bits per heavy atom. The first-order valence-corrected chi connectivity index (χ1v) is 8.28. The van der Waals surface area contributed by atoms with Gasteiger partial charge in [0, 0.05) is 27.8 Å². The second-order valence-corrected chi connectivity index (χ2v) is 8.03. The van der Waals surface area contributed by atoms with Gasteiger partial charge in [-0.2, -0.15) is 0 Å². The maximum Gasteiger partial charge on any atom is 0.252 e. The molecular weight excluding hydrogens is 294 g/mol. The summed E-state index contributed by atoms with van der Waals surface area (Å²) < 4.78 is 0.119. The number of nitrogens with one attached hydrogen (secondary N) is 1. The average Bonchev–Trinajstić information content (AvgIpc) is 2.45. The van der Waals surface area contributed by atoms with E-state index in [1.807, 2.05) is 18.2 Å². The third kappa shape index (κ3) is 4.45. The number of fused-ring (bicyclic) bond motifs is 1. The number of aromatic nitrogens is 1. The van der Waals surface area contributed by atoms with Crippen LogP contribution in [-0.4, -0.2) is 28.7 Å². The summed E-state index contributed by atoms with van der Waals surface area (Å²) in [6, 6.07) is 7.97. The van der Waals surface area contributed by atoms with Crippen LogP contribution in [0.25, 0.3) is 10.9 Å². The standard InChI is InChI=1S/C17H23N3OS/c1-17(2,3)22-14-7-4-6-12-10-13(11-20-15(12)14)16(21)19-9-5-8-18/h4,6-7,10-11H,5,8-9,18H2,1-3H3,(H,19,21). The van der Waals surface area contributed by atoms with Crippen LogP contribution in [0.15, 0.2) is 35.4 Å². The molecular formula is C17H23N3OS. The highest BCUT2D eigenvalue weighted by Gasteiger charge is 2.15. The van der Waals surface area contributed by atoms with E-state index >= 15 is 0 Å². The topological polar surface area (TPSA) is 68.0 Å². The van der Waals surface area contributed by atoms with Crippen LogP contribution in [0, 0.1) is 0 Å². The first kappa shape index (κ1) is 16.8. The quantitative estimate of drug-likeness (QED) is 0.656. The smallest absolute Gasteiger partial charge is 0.252 e. The van der Waals surface area contributed by atoms with Gasteiger partial charge < -0.3 is 11.1 Å². The normalized spacial score (nSPS) is 11.6. The number of thioether (sulfide) groups is 1. The fraction of sp³-hybridized carbons (Fsp3) is 0.412. The summed E-state index contributed by atoms with van der Waals surface area (Å²) in [7, 11) is 0. The van der Waals surface area contributed by atoms with E-state index in [1.165, 1.54) is 0 Å². The lowest BCUT2D eigenvalue weighted by molar-refractivity contribution is 0.0953. The Bertz CT molecular complexity index is 664. The maximum absolute atomic E-state index is 12.1. The van der Waals surface area contributed by atoms with Crippen LogP contribution in [0.3, 0.4) is 0 Å². The first-order valence-electron chi connectivity index (χ1n) is 7.47. The molecule has 0 spiro atoms. The average molecular weight is 317 g/mol. The molecule has 0 aliphatic carbocycles. The minimum Gasteiger partial charge on any atom is -0.352 e. The molecule has 0 bridgehead atoms. The second-order valence-electron chi connectivity index (χ2n) is 6.16. The summed E-state index contributed by atoms with van der Waals surface area (Å²) in [6.45, 7) is 7.69. The van der Waals surface area contributed by atoms with Crippen molar-refractivity contribution in [1.29, 1.82) is 0 Å². The second kappa shape index (κ2) is 7.11. The number of pyridine rings is 1. The molecule has 0 saturated carbocycles. The van der Waals surface area contributed by atoms with E-state index in [2.05, 4.69) is 37.1 Å². The molecule has 0 atom stereocenters. The van der Waals surface area contributed by atoms with Gasteiger partial charge in [-0.3, -0.25) is 9.78 Å². The minimum atomic E-state index is -0.100. The number of nitrogens with two attached hydrogens (primary N) is 1. The van der Waals surface area contributed by atoms with Crippen molar-refractivity contribution in [3.63, 3.8) is 0 Å². The summed E-state index contributed by atoms with van der Waals surface area (Å²) in [4.78, 5) is 17.7. The maximum atomic E-state index is 12.1. The highest BCUT2D eigenvalue weighted by atomic mass is 32.2. The molecule has 3 N–H and O–H groups in total. The number of benzene rings is 1. The lowest BCUT2D eigenvalue weighted by atomic mass is 10.1. The van der Waals surface area contributed by atoms with Gasteiger partial charge in [0.15, 0.2) is 0 Å². The van der Waals surface area contributed by atoms with Crippen LogP contribution in [0.5, 0.6) is 0 Å². The van der Waals surface area contributed by atoms with Crippen molar-refractivity contribution in [3.05, 3.63) is 36.0 Å². The van der Waals surface area contributed by atoms with Crippen molar-refractivity contribution >= 4 is 28.6 Å². The number of carbonyl (C=O) groups is 1. The van der Waals surface area contributed by atoms with E-state index in [1.54, 1.807) is 18.0 Å². The van der Waals surface area contributed by atoms with Gasteiger partial charge in [0.05, 0.1) is 11.1 Å². The van der Waals surface area contributed by atoms with E-state index < -0.39 is 0 Å². The number of rotatable bonds is 5. The Kier molecular flexibility index (Phi) is 5.42. The molecule has 118 valence electrons. The molecule has 1 aromatic carbocycles. The summed E-state index contributed by atoms with van der Waals surface area (Å²) >= 11 is 1.78. The van der Waals surface area contributed by atoms with E-state index in [-0.39, 0.29) is 10.7 Å². The summed E-state index contributed by atoms with van der Waals surface area (Å²) in [5.41, 5.74) is 6.96. The number of para-hydroxylation sites is 1. The molecule has 5 heteroatoms. The molecule has 1 heterocycles. The van der Waals surface area contributed by atoms with Crippen LogP contribution in [0.4, 0.5) is 0 Å². The summed E-state index contributed by atoms with van der Waals surface area (Å²) in [5, 5.41) is 3.84. The fourth-order valence-corrected chi connectivity index (χ4v) is 3.15. The van der Waals surface area contributed by atoms with Gasteiger partial charge in [0.25, 0.3) is 5.91 Å². The molecule has 22 heavy (non-hydrogen) atoms. The van der Waals surface area contributed by atoms with Crippen molar-refractivity contribution in [2.24, 2.45) is 5.73 Å². The fourth-order valence-electron chi connectivity index (χ4n) is 2.08. The molecule has 0 aliphatic rings. The Morgan fingerprint density at radius 1 is 1.36 bits per heavy atom. The van der Waals surface area contributed by atoms with Crippen molar-refractivity contribution in [2.75, 3.05) is 13.1 Å². The first-order chi connectivity index (χ1) is 10.4. The molecule has 4 nitrogen and oxygen atoms in total. The Morgan fingerprint density at radius 3 is 2.82 bits per heavy atom. The molecule has 1 aromatic heterocycles. The number of nitrogens with zero attached hydrogens (tertiary/aromatic N) is 1. The minimum absolute atomic E-state index is 0.100. The van der Waals surface area contributed by atoms with Crippen LogP contribution >= 0.6 is 11.8 Å². The van der Waals surface area contributed by atoms with Crippen molar-refractivity contribution < 1.29 is 4.79 Å². The molecule has 0 radical (unpaired) electrons. The molecule has 0 saturated heterocycles. The molecule has 0 fully saturated rings. The highest BCUT2D eigenvalue weighted by Crippen LogP contribution is 2.35. The van der Waals surface area contributed by atoms with Crippen molar-refractivity contribution in [3.8, 4) is 0 Å². The van der Waals surface area contributed by atoms with Gasteiger partial charge in [-0.1, -0.05) is 32.9 Å². The van der Waals surface area contributed by atoms with E-state index in [9.17, 15) is 4.79 Å². The summed E-state index contributed by atoms with van der Waals surface area (Å²) in [5.74, 6) is -0.100.